The Labute approximate surface area is 161 Å². The Bertz CT molecular complexity index is 1020. The molecule has 0 radical (unpaired) electrons. The maximum absolute atomic E-state index is 12.7. The molecule has 0 spiro atoms. The van der Waals surface area contributed by atoms with Crippen molar-refractivity contribution >= 4 is 20.9 Å². The van der Waals surface area contributed by atoms with Crippen LogP contribution in [-0.4, -0.2) is 36.1 Å². The van der Waals surface area contributed by atoms with Crippen LogP contribution in [0.3, 0.4) is 0 Å². The Morgan fingerprint density at radius 2 is 1.63 bits per heavy atom. The van der Waals surface area contributed by atoms with Crippen LogP contribution in [0.5, 0.6) is 0 Å². The van der Waals surface area contributed by atoms with Gasteiger partial charge < -0.3 is 4.57 Å². The normalized spacial score (nSPS) is 16.8. The Morgan fingerprint density at radius 1 is 0.963 bits per heavy atom. The third kappa shape index (κ3) is 3.80. The van der Waals surface area contributed by atoms with Crippen molar-refractivity contribution in [1.29, 1.82) is 0 Å². The molecule has 0 atom stereocenters. The molecule has 0 aliphatic carbocycles. The number of aryl methyl sites for hydroxylation is 2. The molecule has 142 valence electrons. The van der Waals surface area contributed by atoms with Crippen molar-refractivity contribution < 1.29 is 8.42 Å². The minimum atomic E-state index is -3.20. The van der Waals surface area contributed by atoms with Gasteiger partial charge in [0.15, 0.2) is 0 Å². The number of hydrogen-bond acceptors (Lipinski definition) is 2. The third-order valence-electron chi connectivity index (χ3n) is 5.71. The fourth-order valence-electron chi connectivity index (χ4n) is 4.16. The zero-order valence-corrected chi connectivity index (χ0v) is 16.5. The van der Waals surface area contributed by atoms with E-state index in [2.05, 4.69) is 42.1 Å². The quantitative estimate of drug-likeness (QED) is 0.671. The first-order valence-corrected chi connectivity index (χ1v) is 11.2. The molecule has 4 rings (SSSR count). The molecular weight excluding hydrogens is 356 g/mol. The Morgan fingerprint density at radius 3 is 2.37 bits per heavy atom. The molecule has 0 unspecified atom stereocenters. The molecular formula is C22H26N2O2S. The molecule has 1 saturated heterocycles. The standard InChI is InChI=1S/C22H26N2O2S/c1-23-17-21(20-9-5-6-10-22(20)23)19-11-14-24(15-12-19)27(25,26)16-13-18-7-3-2-4-8-18/h2-10,17,19H,11-16H2,1H3. The number of nitrogens with zero attached hydrogens (tertiary/aromatic N) is 2. The Kier molecular flexibility index (Phi) is 5.06. The molecule has 1 aliphatic rings. The van der Waals surface area contributed by atoms with Crippen LogP contribution in [0.15, 0.2) is 60.8 Å². The number of benzene rings is 2. The molecule has 2 aromatic carbocycles. The third-order valence-corrected chi connectivity index (χ3v) is 7.58. The predicted octanol–water partition coefficient (Wildman–Crippen LogP) is 3.93. The number of piperidine rings is 1. The number of hydrogen-bond donors (Lipinski definition) is 0. The summed E-state index contributed by atoms with van der Waals surface area (Å²) in [5.41, 5.74) is 3.67. The van der Waals surface area contributed by atoms with Crippen LogP contribution in [-0.2, 0) is 23.5 Å². The van der Waals surface area contributed by atoms with E-state index >= 15 is 0 Å². The smallest absolute Gasteiger partial charge is 0.214 e. The minimum Gasteiger partial charge on any atom is -0.350 e. The van der Waals surface area contributed by atoms with Crippen molar-refractivity contribution in [3.63, 3.8) is 0 Å². The van der Waals surface area contributed by atoms with E-state index in [0.717, 1.165) is 18.4 Å². The van der Waals surface area contributed by atoms with Crippen LogP contribution in [0, 0.1) is 0 Å². The molecule has 1 aliphatic heterocycles. The number of fused-ring (bicyclic) bond motifs is 1. The fraction of sp³-hybridized carbons (Fsp3) is 0.364. The van der Waals surface area contributed by atoms with Gasteiger partial charge >= 0.3 is 0 Å². The van der Waals surface area contributed by atoms with Gasteiger partial charge in [-0.05, 0) is 42.4 Å². The van der Waals surface area contributed by atoms with Crippen molar-refractivity contribution in [2.45, 2.75) is 25.2 Å². The molecule has 0 saturated carbocycles. The van der Waals surface area contributed by atoms with Gasteiger partial charge in [0.25, 0.3) is 0 Å². The van der Waals surface area contributed by atoms with Crippen LogP contribution in [0.4, 0.5) is 0 Å². The summed E-state index contributed by atoms with van der Waals surface area (Å²) in [5, 5.41) is 1.30. The Balaban J connectivity index is 1.42. The van der Waals surface area contributed by atoms with E-state index in [9.17, 15) is 8.42 Å². The molecule has 2 heterocycles. The highest BCUT2D eigenvalue weighted by atomic mass is 32.2. The first kappa shape index (κ1) is 18.3. The van der Waals surface area contributed by atoms with E-state index in [1.165, 1.54) is 16.5 Å². The lowest BCUT2D eigenvalue weighted by atomic mass is 9.90. The molecule has 3 aromatic rings. The average Bonchev–Trinajstić information content (AvgIpc) is 3.04. The number of para-hydroxylation sites is 1. The van der Waals surface area contributed by atoms with Gasteiger partial charge in [-0.2, -0.15) is 0 Å². The first-order valence-electron chi connectivity index (χ1n) is 9.60. The second-order valence-electron chi connectivity index (χ2n) is 7.44. The van der Waals surface area contributed by atoms with E-state index in [4.69, 9.17) is 0 Å². The zero-order valence-electron chi connectivity index (χ0n) is 15.7. The molecule has 27 heavy (non-hydrogen) atoms. The average molecular weight is 383 g/mol. The van der Waals surface area contributed by atoms with Crippen LogP contribution in [0.1, 0.15) is 29.9 Å². The second-order valence-corrected chi connectivity index (χ2v) is 9.53. The highest BCUT2D eigenvalue weighted by Gasteiger charge is 2.29. The molecule has 5 heteroatoms. The van der Waals surface area contributed by atoms with Crippen molar-refractivity contribution in [3.05, 3.63) is 71.9 Å². The molecule has 0 amide bonds. The van der Waals surface area contributed by atoms with E-state index in [1.807, 2.05) is 30.3 Å². The van der Waals surface area contributed by atoms with Crippen LogP contribution in [0.2, 0.25) is 0 Å². The minimum absolute atomic E-state index is 0.190. The van der Waals surface area contributed by atoms with Crippen molar-refractivity contribution in [2.24, 2.45) is 7.05 Å². The summed E-state index contributed by atoms with van der Waals surface area (Å²) >= 11 is 0. The highest BCUT2D eigenvalue weighted by Crippen LogP contribution is 2.34. The molecule has 1 fully saturated rings. The molecule has 0 bridgehead atoms. The van der Waals surface area contributed by atoms with Crippen LogP contribution >= 0.6 is 0 Å². The maximum Gasteiger partial charge on any atom is 0.214 e. The summed E-state index contributed by atoms with van der Waals surface area (Å²) in [6.45, 7) is 1.23. The van der Waals surface area contributed by atoms with E-state index < -0.39 is 10.0 Å². The van der Waals surface area contributed by atoms with Gasteiger partial charge in [-0.1, -0.05) is 48.5 Å². The molecule has 4 nitrogen and oxygen atoms in total. The fourth-order valence-corrected chi connectivity index (χ4v) is 5.68. The van der Waals surface area contributed by atoms with Gasteiger partial charge in [-0.15, -0.1) is 0 Å². The van der Waals surface area contributed by atoms with Gasteiger partial charge in [0.1, 0.15) is 0 Å². The van der Waals surface area contributed by atoms with Crippen molar-refractivity contribution in [3.8, 4) is 0 Å². The highest BCUT2D eigenvalue weighted by molar-refractivity contribution is 7.89. The second kappa shape index (κ2) is 7.49. The van der Waals surface area contributed by atoms with Crippen LogP contribution < -0.4 is 0 Å². The van der Waals surface area contributed by atoms with Gasteiger partial charge in [0.2, 0.25) is 10.0 Å². The van der Waals surface area contributed by atoms with Crippen molar-refractivity contribution in [2.75, 3.05) is 18.8 Å². The SMILES string of the molecule is Cn1cc(C2CCN(S(=O)(=O)CCc3ccccc3)CC2)c2ccccc21. The van der Waals surface area contributed by atoms with Gasteiger partial charge in [-0.3, -0.25) is 0 Å². The lowest BCUT2D eigenvalue weighted by molar-refractivity contribution is 0.320. The number of aromatic nitrogens is 1. The predicted molar refractivity (Wildman–Crippen MR) is 110 cm³/mol. The van der Waals surface area contributed by atoms with E-state index in [-0.39, 0.29) is 5.75 Å². The van der Waals surface area contributed by atoms with Crippen molar-refractivity contribution in [1.82, 2.24) is 8.87 Å². The lowest BCUT2D eigenvalue weighted by Gasteiger charge is -2.31. The van der Waals surface area contributed by atoms with Gasteiger partial charge in [0.05, 0.1) is 5.75 Å². The maximum atomic E-state index is 12.7. The van der Waals surface area contributed by atoms with E-state index in [1.54, 1.807) is 4.31 Å². The van der Waals surface area contributed by atoms with Crippen LogP contribution in [0.25, 0.3) is 10.9 Å². The molecule has 0 N–H and O–H groups in total. The zero-order chi connectivity index (χ0) is 18.9. The van der Waals surface area contributed by atoms with Gasteiger partial charge in [-0.25, -0.2) is 12.7 Å². The topological polar surface area (TPSA) is 42.3 Å². The lowest BCUT2D eigenvalue weighted by Crippen LogP contribution is -2.39. The number of rotatable bonds is 5. The van der Waals surface area contributed by atoms with Gasteiger partial charge in [0, 0.05) is 37.2 Å². The summed E-state index contributed by atoms with van der Waals surface area (Å²) in [5.74, 6) is 0.618. The monoisotopic (exact) mass is 382 g/mol. The summed E-state index contributed by atoms with van der Waals surface area (Å²) in [7, 11) is -1.12. The summed E-state index contributed by atoms with van der Waals surface area (Å²) in [4.78, 5) is 0. The summed E-state index contributed by atoms with van der Waals surface area (Å²) in [6.07, 6.45) is 4.57. The summed E-state index contributed by atoms with van der Waals surface area (Å²) in [6, 6.07) is 18.3. The Hall–Kier alpha value is -2.11. The first-order chi connectivity index (χ1) is 13.0. The summed E-state index contributed by atoms with van der Waals surface area (Å²) < 4.78 is 29.3. The van der Waals surface area contributed by atoms with E-state index in [0.29, 0.717) is 25.4 Å². The number of sulfonamides is 1. The largest absolute Gasteiger partial charge is 0.350 e. The molecule has 1 aromatic heterocycles.